The van der Waals surface area contributed by atoms with E-state index >= 15 is 0 Å². The van der Waals surface area contributed by atoms with Crippen LogP contribution in [-0.4, -0.2) is 60.0 Å². The van der Waals surface area contributed by atoms with Crippen LogP contribution >= 0.6 is 0 Å². The Labute approximate surface area is 156 Å². The molecule has 1 saturated carbocycles. The van der Waals surface area contributed by atoms with Gasteiger partial charge in [0.15, 0.2) is 0 Å². The third kappa shape index (κ3) is 3.26. The summed E-state index contributed by atoms with van der Waals surface area (Å²) in [6.07, 6.45) is 3.91. The number of amides is 2. The van der Waals surface area contributed by atoms with Crippen molar-refractivity contribution in [3.05, 3.63) is 0 Å². The zero-order valence-corrected chi connectivity index (χ0v) is 16.7. The molecule has 146 valence electrons. The molecule has 4 rings (SSSR count). The van der Waals surface area contributed by atoms with Gasteiger partial charge in [0, 0.05) is 55.1 Å². The molecule has 1 aliphatic carbocycles. The molecule has 6 heteroatoms. The lowest BCUT2D eigenvalue weighted by molar-refractivity contribution is -0.134. The highest BCUT2D eigenvalue weighted by Crippen LogP contribution is 2.42. The Morgan fingerprint density at radius 1 is 1.08 bits per heavy atom. The monoisotopic (exact) mass is 362 g/mol. The van der Waals surface area contributed by atoms with Crippen molar-refractivity contribution in [2.45, 2.75) is 70.5 Å². The van der Waals surface area contributed by atoms with Gasteiger partial charge in [-0.1, -0.05) is 0 Å². The van der Waals surface area contributed by atoms with Crippen molar-refractivity contribution in [3.63, 3.8) is 0 Å². The minimum Gasteiger partial charge on any atom is -0.353 e. The molecule has 3 N–H and O–H groups in total. The number of nitrogens with zero attached hydrogens (tertiary/aromatic N) is 1. The van der Waals surface area contributed by atoms with Crippen LogP contribution in [-0.2, 0) is 9.59 Å². The summed E-state index contributed by atoms with van der Waals surface area (Å²) >= 11 is 0. The molecular weight excluding hydrogens is 328 g/mol. The lowest BCUT2D eigenvalue weighted by atomic mass is 9.77. The third-order valence-electron chi connectivity index (χ3n) is 6.74. The van der Waals surface area contributed by atoms with E-state index in [4.69, 9.17) is 0 Å². The number of likely N-dealkylation sites (tertiary alicyclic amines) is 1. The largest absolute Gasteiger partial charge is 0.353 e. The molecule has 2 atom stereocenters. The predicted molar refractivity (Wildman–Crippen MR) is 101 cm³/mol. The van der Waals surface area contributed by atoms with Crippen LogP contribution in [0.25, 0.3) is 0 Å². The van der Waals surface area contributed by atoms with Crippen LogP contribution in [0.1, 0.15) is 53.4 Å². The lowest BCUT2D eigenvalue weighted by Gasteiger charge is -2.47. The van der Waals surface area contributed by atoms with Gasteiger partial charge in [-0.2, -0.15) is 0 Å². The minimum atomic E-state index is -0.441. The number of hydrogen-bond acceptors (Lipinski definition) is 4. The highest BCUT2D eigenvalue weighted by Gasteiger charge is 2.57. The van der Waals surface area contributed by atoms with E-state index in [1.807, 2.05) is 4.90 Å². The smallest absolute Gasteiger partial charge is 0.229 e. The van der Waals surface area contributed by atoms with Crippen molar-refractivity contribution in [1.82, 2.24) is 20.9 Å². The Bertz CT molecular complexity index is 597. The molecule has 0 unspecified atom stereocenters. The van der Waals surface area contributed by atoms with Crippen LogP contribution in [0.3, 0.4) is 0 Å². The molecule has 26 heavy (non-hydrogen) atoms. The Kier molecular flexibility index (Phi) is 4.16. The van der Waals surface area contributed by atoms with Gasteiger partial charge in [-0.15, -0.1) is 0 Å². The highest BCUT2D eigenvalue weighted by molar-refractivity contribution is 5.88. The van der Waals surface area contributed by atoms with Gasteiger partial charge in [0.05, 0.1) is 5.41 Å². The van der Waals surface area contributed by atoms with Crippen LogP contribution < -0.4 is 16.0 Å². The highest BCUT2D eigenvalue weighted by atomic mass is 16.2. The van der Waals surface area contributed by atoms with Gasteiger partial charge in [0.2, 0.25) is 11.8 Å². The first kappa shape index (κ1) is 18.2. The van der Waals surface area contributed by atoms with Crippen LogP contribution in [0.4, 0.5) is 0 Å². The number of carbonyl (C=O) groups is 2. The molecule has 4 aliphatic rings. The molecule has 2 amide bonds. The maximum absolute atomic E-state index is 13.4. The number of nitrogens with one attached hydrogen (secondary N) is 3. The average molecular weight is 363 g/mol. The van der Waals surface area contributed by atoms with Crippen molar-refractivity contribution >= 4 is 11.8 Å². The SMILES string of the molecule is CC1(C)CC(NC(=O)[C@@]23CNC[C@@H]2CN(C(=O)C2CC2)C3)CC(C)(C)N1. The number of carbonyl (C=O) groups excluding carboxylic acids is 2. The lowest BCUT2D eigenvalue weighted by Crippen LogP contribution is -2.63. The molecular formula is C20H34N4O2. The maximum atomic E-state index is 13.4. The van der Waals surface area contributed by atoms with Crippen LogP contribution in [0.2, 0.25) is 0 Å². The van der Waals surface area contributed by atoms with E-state index in [0.717, 1.165) is 38.8 Å². The van der Waals surface area contributed by atoms with E-state index in [1.165, 1.54) is 0 Å². The molecule has 0 radical (unpaired) electrons. The Morgan fingerprint density at radius 2 is 1.73 bits per heavy atom. The minimum absolute atomic E-state index is 0.00827. The molecule has 0 spiro atoms. The fourth-order valence-corrected chi connectivity index (χ4v) is 5.75. The molecule has 3 saturated heterocycles. The number of fused-ring (bicyclic) bond motifs is 1. The fourth-order valence-electron chi connectivity index (χ4n) is 5.75. The van der Waals surface area contributed by atoms with Crippen LogP contribution in [0.5, 0.6) is 0 Å². The van der Waals surface area contributed by atoms with E-state index in [1.54, 1.807) is 0 Å². The Morgan fingerprint density at radius 3 is 2.35 bits per heavy atom. The molecule has 0 bridgehead atoms. The van der Waals surface area contributed by atoms with E-state index in [9.17, 15) is 9.59 Å². The van der Waals surface area contributed by atoms with Crippen molar-refractivity contribution in [2.75, 3.05) is 26.2 Å². The molecule has 0 aromatic rings. The molecule has 0 aromatic carbocycles. The summed E-state index contributed by atoms with van der Waals surface area (Å²) in [5.41, 5.74) is -0.424. The zero-order chi connectivity index (χ0) is 18.7. The summed E-state index contributed by atoms with van der Waals surface area (Å²) in [4.78, 5) is 27.9. The first-order valence-electron chi connectivity index (χ1n) is 10.2. The molecule has 0 aromatic heterocycles. The molecule has 6 nitrogen and oxygen atoms in total. The van der Waals surface area contributed by atoms with Gasteiger partial charge in [-0.3, -0.25) is 9.59 Å². The van der Waals surface area contributed by atoms with E-state index in [0.29, 0.717) is 13.1 Å². The van der Waals surface area contributed by atoms with E-state index in [2.05, 4.69) is 43.6 Å². The van der Waals surface area contributed by atoms with Crippen molar-refractivity contribution in [2.24, 2.45) is 17.3 Å². The van der Waals surface area contributed by atoms with Gasteiger partial charge in [-0.05, 0) is 53.4 Å². The normalized spacial score (nSPS) is 36.0. The quantitative estimate of drug-likeness (QED) is 0.697. The molecule has 4 fully saturated rings. The van der Waals surface area contributed by atoms with Crippen molar-refractivity contribution in [3.8, 4) is 0 Å². The van der Waals surface area contributed by atoms with Gasteiger partial charge in [-0.25, -0.2) is 0 Å². The second-order valence-corrected chi connectivity index (χ2v) is 10.4. The van der Waals surface area contributed by atoms with Gasteiger partial charge >= 0.3 is 0 Å². The number of rotatable bonds is 3. The first-order valence-corrected chi connectivity index (χ1v) is 10.2. The average Bonchev–Trinajstić information content (AvgIpc) is 3.14. The second-order valence-electron chi connectivity index (χ2n) is 10.4. The first-order chi connectivity index (χ1) is 12.1. The summed E-state index contributed by atoms with van der Waals surface area (Å²) < 4.78 is 0. The third-order valence-corrected chi connectivity index (χ3v) is 6.74. The van der Waals surface area contributed by atoms with Crippen molar-refractivity contribution < 1.29 is 9.59 Å². The predicted octanol–water partition coefficient (Wildman–Crippen LogP) is 0.870. The Hall–Kier alpha value is -1.14. The Balaban J connectivity index is 1.47. The van der Waals surface area contributed by atoms with Gasteiger partial charge in [0.1, 0.15) is 0 Å². The van der Waals surface area contributed by atoms with E-state index < -0.39 is 5.41 Å². The van der Waals surface area contributed by atoms with Crippen molar-refractivity contribution in [1.29, 1.82) is 0 Å². The summed E-state index contributed by atoms with van der Waals surface area (Å²) in [6, 6.07) is 0.178. The van der Waals surface area contributed by atoms with E-state index in [-0.39, 0.29) is 40.8 Å². The topological polar surface area (TPSA) is 73.5 Å². The summed E-state index contributed by atoms with van der Waals surface area (Å²) in [5, 5.41) is 10.5. The second kappa shape index (κ2) is 5.93. The van der Waals surface area contributed by atoms with Crippen LogP contribution in [0, 0.1) is 17.3 Å². The number of hydrogen-bond donors (Lipinski definition) is 3. The summed E-state index contributed by atoms with van der Waals surface area (Å²) in [7, 11) is 0. The van der Waals surface area contributed by atoms with Crippen LogP contribution in [0.15, 0.2) is 0 Å². The standard InChI is InChI=1S/C20H34N4O2/c1-18(2)7-15(8-19(3,4)23-18)22-17(26)20-11-21-9-14(20)10-24(12-20)16(25)13-5-6-13/h13-15,21,23H,5-12H2,1-4H3,(H,22,26)/t14-,20-/m1/s1. The summed E-state index contributed by atoms with van der Waals surface area (Å²) in [5.74, 6) is 0.897. The molecule has 3 aliphatic heterocycles. The fraction of sp³-hybridized carbons (Fsp3) is 0.900. The van der Waals surface area contributed by atoms with Gasteiger partial charge in [0.25, 0.3) is 0 Å². The summed E-state index contributed by atoms with van der Waals surface area (Å²) in [6.45, 7) is 11.7. The van der Waals surface area contributed by atoms with Gasteiger partial charge < -0.3 is 20.9 Å². The zero-order valence-electron chi connectivity index (χ0n) is 16.7. The number of piperidine rings is 1. The maximum Gasteiger partial charge on any atom is 0.229 e. The molecule has 3 heterocycles.